The van der Waals surface area contributed by atoms with Crippen molar-refractivity contribution in [2.75, 3.05) is 0 Å². The van der Waals surface area contributed by atoms with Crippen LogP contribution in [0.3, 0.4) is 0 Å². The Balaban J connectivity index is 2.56. The Morgan fingerprint density at radius 3 is 2.57 bits per heavy atom. The summed E-state index contributed by atoms with van der Waals surface area (Å²) in [6.45, 7) is 2.06. The molecule has 2 aromatic rings. The Morgan fingerprint density at radius 1 is 1.21 bits per heavy atom. The van der Waals surface area contributed by atoms with Gasteiger partial charge in [-0.15, -0.1) is 0 Å². The van der Waals surface area contributed by atoms with Crippen molar-refractivity contribution in [1.29, 1.82) is 0 Å². The van der Waals surface area contributed by atoms with Crippen LogP contribution in [-0.2, 0) is 0 Å². The second-order valence-corrected chi connectivity index (χ2v) is 3.57. The van der Waals surface area contributed by atoms with E-state index in [9.17, 15) is 0 Å². The Morgan fingerprint density at radius 2 is 1.93 bits per heavy atom. The summed E-state index contributed by atoms with van der Waals surface area (Å²) in [7, 11) is 0. The number of aryl methyl sites for hydroxylation is 1. The molecule has 0 unspecified atom stereocenters. The van der Waals surface area contributed by atoms with Gasteiger partial charge in [-0.3, -0.25) is 0 Å². The fraction of sp³-hybridized carbons (Fsp3) is 0.0909. The molecule has 0 atom stereocenters. The molecule has 0 saturated carbocycles. The van der Waals surface area contributed by atoms with E-state index >= 15 is 0 Å². The van der Waals surface area contributed by atoms with Crippen LogP contribution in [0.4, 0.5) is 0 Å². The molecule has 1 heterocycles. The lowest BCUT2D eigenvalue weighted by Gasteiger charge is -2.00. The molecule has 0 radical (unpaired) electrons. The average molecular weight is 202 g/mol. The van der Waals surface area contributed by atoms with Crippen molar-refractivity contribution in [3.05, 3.63) is 47.0 Å². The smallest absolute Gasteiger partial charge is 0.113 e. The number of rotatable bonds is 1. The molecule has 0 fully saturated rings. The van der Waals surface area contributed by atoms with E-state index in [1.165, 1.54) is 5.56 Å². The van der Waals surface area contributed by atoms with E-state index in [0.717, 1.165) is 15.8 Å². The molecular formula is C11H10N2S. The highest BCUT2D eigenvalue weighted by Crippen LogP contribution is 2.18. The Bertz CT molecular complexity index is 485. The number of H-pyrrole nitrogens is 1. The van der Waals surface area contributed by atoms with Gasteiger partial charge in [0.1, 0.15) is 4.64 Å². The summed E-state index contributed by atoms with van der Waals surface area (Å²) in [4.78, 5) is 6.94. The summed E-state index contributed by atoms with van der Waals surface area (Å²) in [6.07, 6.45) is 3.38. The molecule has 1 N–H and O–H groups in total. The van der Waals surface area contributed by atoms with Gasteiger partial charge in [-0.2, -0.15) is 0 Å². The fourth-order valence-corrected chi connectivity index (χ4v) is 1.51. The second kappa shape index (κ2) is 3.72. The lowest BCUT2D eigenvalue weighted by molar-refractivity contribution is 1.15. The Kier molecular flexibility index (Phi) is 2.41. The van der Waals surface area contributed by atoms with Crippen LogP contribution in [0, 0.1) is 11.6 Å². The number of benzene rings is 1. The maximum atomic E-state index is 5.17. The highest BCUT2D eigenvalue weighted by molar-refractivity contribution is 7.71. The zero-order valence-corrected chi connectivity index (χ0v) is 8.64. The molecule has 3 heteroatoms. The summed E-state index contributed by atoms with van der Waals surface area (Å²) in [6, 6.07) is 8.24. The van der Waals surface area contributed by atoms with Crippen LogP contribution in [0.15, 0.2) is 36.8 Å². The van der Waals surface area contributed by atoms with Crippen LogP contribution in [0.25, 0.3) is 11.1 Å². The van der Waals surface area contributed by atoms with E-state index in [1.54, 1.807) is 12.5 Å². The maximum absolute atomic E-state index is 5.17. The third-order valence-electron chi connectivity index (χ3n) is 2.08. The van der Waals surface area contributed by atoms with Crippen LogP contribution in [0.2, 0.25) is 0 Å². The van der Waals surface area contributed by atoms with Crippen molar-refractivity contribution in [2.45, 2.75) is 6.92 Å². The van der Waals surface area contributed by atoms with Crippen LogP contribution in [0.5, 0.6) is 0 Å². The number of hydrogen-bond acceptors (Lipinski definition) is 2. The van der Waals surface area contributed by atoms with E-state index < -0.39 is 0 Å². The fourth-order valence-electron chi connectivity index (χ4n) is 1.28. The quantitative estimate of drug-likeness (QED) is 0.720. The van der Waals surface area contributed by atoms with E-state index in [-0.39, 0.29) is 0 Å². The minimum absolute atomic E-state index is 0.726. The molecule has 0 aliphatic carbocycles. The summed E-state index contributed by atoms with van der Waals surface area (Å²) in [5, 5.41) is 0. The number of hydrogen-bond donors (Lipinski definition) is 1. The molecule has 0 saturated heterocycles. The number of aromatic amines is 1. The van der Waals surface area contributed by atoms with Gasteiger partial charge >= 0.3 is 0 Å². The van der Waals surface area contributed by atoms with E-state index in [4.69, 9.17) is 12.2 Å². The summed E-state index contributed by atoms with van der Waals surface area (Å²) >= 11 is 5.17. The molecule has 0 bridgehead atoms. The van der Waals surface area contributed by atoms with Gasteiger partial charge < -0.3 is 4.98 Å². The highest BCUT2D eigenvalue weighted by atomic mass is 32.1. The van der Waals surface area contributed by atoms with Crippen molar-refractivity contribution < 1.29 is 0 Å². The highest BCUT2D eigenvalue weighted by Gasteiger charge is 1.98. The number of nitrogens with zero attached hydrogens (tertiary/aromatic N) is 1. The van der Waals surface area contributed by atoms with Crippen molar-refractivity contribution in [2.24, 2.45) is 0 Å². The van der Waals surface area contributed by atoms with Gasteiger partial charge in [-0.25, -0.2) is 4.98 Å². The monoisotopic (exact) mass is 202 g/mol. The first-order valence-corrected chi connectivity index (χ1v) is 4.78. The largest absolute Gasteiger partial charge is 0.337 e. The molecule has 0 aliphatic rings. The average Bonchev–Trinajstić information content (AvgIpc) is 2.20. The first-order chi connectivity index (χ1) is 6.77. The van der Waals surface area contributed by atoms with Gasteiger partial charge in [-0.1, -0.05) is 42.0 Å². The zero-order valence-electron chi connectivity index (χ0n) is 7.82. The molecule has 2 nitrogen and oxygen atoms in total. The standard InChI is InChI=1S/C11H10N2S/c1-8-2-4-9(5-3-8)10-6-12-7-13-11(10)14/h2-7H,1H3,(H,12,13,14). The van der Waals surface area contributed by atoms with E-state index in [1.807, 2.05) is 0 Å². The summed E-state index contributed by atoms with van der Waals surface area (Å²) in [5.41, 5.74) is 3.32. The van der Waals surface area contributed by atoms with Gasteiger partial charge in [0.2, 0.25) is 0 Å². The number of nitrogens with one attached hydrogen (secondary N) is 1. The molecule has 1 aromatic carbocycles. The molecule has 70 valence electrons. The van der Waals surface area contributed by atoms with Gasteiger partial charge in [0.05, 0.1) is 6.33 Å². The van der Waals surface area contributed by atoms with Gasteiger partial charge in [0.15, 0.2) is 0 Å². The summed E-state index contributed by atoms with van der Waals surface area (Å²) in [5.74, 6) is 0. The van der Waals surface area contributed by atoms with Crippen LogP contribution < -0.4 is 0 Å². The lowest BCUT2D eigenvalue weighted by Crippen LogP contribution is -1.84. The Hall–Kier alpha value is -1.48. The maximum Gasteiger partial charge on any atom is 0.113 e. The molecule has 0 aliphatic heterocycles. The van der Waals surface area contributed by atoms with E-state index in [0.29, 0.717) is 0 Å². The third-order valence-corrected chi connectivity index (χ3v) is 2.42. The molecular weight excluding hydrogens is 192 g/mol. The third kappa shape index (κ3) is 1.72. The molecule has 2 rings (SSSR count). The van der Waals surface area contributed by atoms with Crippen LogP contribution in [-0.4, -0.2) is 9.97 Å². The summed E-state index contributed by atoms with van der Waals surface area (Å²) < 4.78 is 0.726. The minimum atomic E-state index is 0.726. The van der Waals surface area contributed by atoms with Crippen molar-refractivity contribution >= 4 is 12.2 Å². The van der Waals surface area contributed by atoms with Crippen molar-refractivity contribution in [3.8, 4) is 11.1 Å². The van der Waals surface area contributed by atoms with Crippen LogP contribution in [0.1, 0.15) is 5.56 Å². The first kappa shape index (κ1) is 9.09. The molecule has 14 heavy (non-hydrogen) atoms. The van der Waals surface area contributed by atoms with Crippen molar-refractivity contribution in [3.63, 3.8) is 0 Å². The SMILES string of the molecule is Cc1ccc(-c2cnc[nH]c2=S)cc1. The zero-order chi connectivity index (χ0) is 9.97. The number of aromatic nitrogens is 2. The van der Waals surface area contributed by atoms with Crippen molar-refractivity contribution in [1.82, 2.24) is 9.97 Å². The minimum Gasteiger partial charge on any atom is -0.337 e. The van der Waals surface area contributed by atoms with Gasteiger partial charge in [0, 0.05) is 11.8 Å². The first-order valence-electron chi connectivity index (χ1n) is 4.37. The van der Waals surface area contributed by atoms with Gasteiger partial charge in [-0.05, 0) is 12.5 Å². The predicted octanol–water partition coefficient (Wildman–Crippen LogP) is 3.11. The molecule has 0 spiro atoms. The lowest BCUT2D eigenvalue weighted by atomic mass is 10.1. The predicted molar refractivity (Wildman–Crippen MR) is 59.6 cm³/mol. The molecule has 1 aromatic heterocycles. The van der Waals surface area contributed by atoms with E-state index in [2.05, 4.69) is 41.2 Å². The normalized spacial score (nSPS) is 10.1. The molecule has 0 amide bonds. The Labute approximate surface area is 87.7 Å². The topological polar surface area (TPSA) is 28.7 Å². The van der Waals surface area contributed by atoms with Crippen LogP contribution >= 0.6 is 12.2 Å². The van der Waals surface area contributed by atoms with Gasteiger partial charge in [0.25, 0.3) is 0 Å². The second-order valence-electron chi connectivity index (χ2n) is 3.16.